The highest BCUT2D eigenvalue weighted by Crippen LogP contribution is 2.44. The Hall–Kier alpha value is -1.20. The van der Waals surface area contributed by atoms with E-state index >= 15 is 0 Å². The van der Waals surface area contributed by atoms with Gasteiger partial charge in [0.15, 0.2) is 0 Å². The molecule has 0 amide bonds. The molecule has 3 nitrogen and oxygen atoms in total. The van der Waals surface area contributed by atoms with E-state index < -0.39 is 5.97 Å². The summed E-state index contributed by atoms with van der Waals surface area (Å²) in [6.45, 7) is 0. The molecule has 1 heterocycles. The van der Waals surface area contributed by atoms with Gasteiger partial charge in [0, 0.05) is 20.2 Å². The van der Waals surface area contributed by atoms with E-state index in [1.165, 1.54) is 37.0 Å². The summed E-state index contributed by atoms with van der Waals surface area (Å²) in [5, 5.41) is 11.0. The highest BCUT2D eigenvalue weighted by Gasteiger charge is 2.24. The van der Waals surface area contributed by atoms with E-state index in [2.05, 4.69) is 0 Å². The van der Waals surface area contributed by atoms with Crippen molar-refractivity contribution >= 4 is 39.2 Å². The fourth-order valence-corrected chi connectivity index (χ4v) is 5.26. The maximum Gasteiger partial charge on any atom is 0.347 e. The minimum absolute atomic E-state index is 0.463. The van der Waals surface area contributed by atoms with Crippen LogP contribution in [0, 0.1) is 0 Å². The second kappa shape index (κ2) is 5.66. The average Bonchev–Trinajstić information content (AvgIpc) is 3.07. The van der Waals surface area contributed by atoms with Gasteiger partial charge in [-0.1, -0.05) is 12.8 Å². The Bertz CT molecular complexity index is 642. The van der Waals surface area contributed by atoms with E-state index in [0.717, 1.165) is 20.7 Å². The topological polar surface area (TPSA) is 46.5 Å². The first kappa shape index (κ1) is 13.8. The van der Waals surface area contributed by atoms with Crippen molar-refractivity contribution in [3.05, 3.63) is 23.1 Å². The van der Waals surface area contributed by atoms with Crippen molar-refractivity contribution in [2.45, 2.75) is 35.8 Å². The number of methoxy groups -OCH3 is 1. The van der Waals surface area contributed by atoms with Crippen LogP contribution in [0.1, 0.15) is 35.4 Å². The minimum atomic E-state index is -0.828. The number of thioether (sulfide) groups is 1. The number of benzene rings is 1. The van der Waals surface area contributed by atoms with Crippen molar-refractivity contribution in [2.24, 2.45) is 0 Å². The van der Waals surface area contributed by atoms with Gasteiger partial charge in [-0.3, -0.25) is 0 Å². The molecule has 2 aromatic rings. The zero-order valence-electron chi connectivity index (χ0n) is 11.2. The van der Waals surface area contributed by atoms with Crippen LogP contribution in [0.25, 0.3) is 10.1 Å². The summed E-state index contributed by atoms with van der Waals surface area (Å²) in [6, 6.07) is 5.79. The van der Waals surface area contributed by atoms with Crippen molar-refractivity contribution in [1.29, 1.82) is 0 Å². The third kappa shape index (κ3) is 2.52. The number of hydrogen-bond donors (Lipinski definition) is 1. The van der Waals surface area contributed by atoms with E-state index in [9.17, 15) is 9.90 Å². The van der Waals surface area contributed by atoms with Crippen molar-refractivity contribution in [3.8, 4) is 5.75 Å². The number of hydrogen-bond acceptors (Lipinski definition) is 4. The van der Waals surface area contributed by atoms with Crippen molar-refractivity contribution < 1.29 is 14.6 Å². The number of aromatic carboxylic acids is 1. The summed E-state index contributed by atoms with van der Waals surface area (Å²) < 4.78 is 6.28. The molecule has 0 radical (unpaired) electrons. The molecule has 1 aliphatic rings. The number of fused-ring (bicyclic) bond motifs is 1. The van der Waals surface area contributed by atoms with Gasteiger partial charge in [0.1, 0.15) is 10.6 Å². The lowest BCUT2D eigenvalue weighted by atomic mass is 10.2. The van der Waals surface area contributed by atoms with Gasteiger partial charge >= 0.3 is 5.97 Å². The van der Waals surface area contributed by atoms with Crippen LogP contribution in [-0.2, 0) is 0 Å². The Morgan fingerprint density at radius 2 is 2.15 bits per heavy atom. The minimum Gasteiger partial charge on any atom is -0.497 e. The average molecular weight is 308 g/mol. The van der Waals surface area contributed by atoms with E-state index in [0.29, 0.717) is 10.1 Å². The van der Waals surface area contributed by atoms with Gasteiger partial charge in [-0.15, -0.1) is 23.1 Å². The lowest BCUT2D eigenvalue weighted by Crippen LogP contribution is -1.98. The van der Waals surface area contributed by atoms with Crippen LogP contribution in [0.15, 0.2) is 23.1 Å². The molecule has 1 N–H and O–H groups in total. The summed E-state index contributed by atoms with van der Waals surface area (Å²) >= 11 is 3.09. The smallest absolute Gasteiger partial charge is 0.347 e. The first-order valence-electron chi connectivity index (χ1n) is 6.69. The largest absolute Gasteiger partial charge is 0.497 e. The molecular formula is C15H16O3S2. The van der Waals surface area contributed by atoms with Crippen LogP contribution in [0.4, 0.5) is 0 Å². The molecule has 1 aromatic heterocycles. The molecule has 1 saturated carbocycles. The van der Waals surface area contributed by atoms with E-state index in [-0.39, 0.29) is 0 Å². The van der Waals surface area contributed by atoms with Crippen LogP contribution in [0.5, 0.6) is 5.75 Å². The summed E-state index contributed by atoms with van der Waals surface area (Å²) in [4.78, 5) is 12.9. The van der Waals surface area contributed by atoms with Crippen LogP contribution in [0.2, 0.25) is 0 Å². The second-order valence-electron chi connectivity index (χ2n) is 4.95. The normalized spacial score (nSPS) is 15.8. The van der Waals surface area contributed by atoms with Gasteiger partial charge < -0.3 is 9.84 Å². The van der Waals surface area contributed by atoms with Gasteiger partial charge in [-0.25, -0.2) is 4.79 Å². The third-order valence-electron chi connectivity index (χ3n) is 3.63. The predicted octanol–water partition coefficient (Wildman–Crippen LogP) is 4.64. The Kier molecular flexibility index (Phi) is 3.89. The molecule has 20 heavy (non-hydrogen) atoms. The van der Waals surface area contributed by atoms with Crippen LogP contribution in [0.3, 0.4) is 0 Å². The molecule has 0 unspecified atom stereocenters. The first-order chi connectivity index (χ1) is 9.69. The molecule has 0 atom stereocenters. The molecule has 0 aliphatic heterocycles. The monoisotopic (exact) mass is 308 g/mol. The summed E-state index contributed by atoms with van der Waals surface area (Å²) in [6.07, 6.45) is 4.88. The number of carboxylic acids is 1. The predicted molar refractivity (Wildman–Crippen MR) is 83.4 cm³/mol. The maximum absolute atomic E-state index is 11.5. The van der Waals surface area contributed by atoms with E-state index in [4.69, 9.17) is 4.74 Å². The zero-order valence-corrected chi connectivity index (χ0v) is 12.9. The molecule has 1 aliphatic carbocycles. The fraction of sp³-hybridized carbons (Fsp3) is 0.400. The Labute approximate surface area is 125 Å². The molecule has 0 saturated heterocycles. The first-order valence-corrected chi connectivity index (χ1v) is 8.39. The Morgan fingerprint density at radius 3 is 2.80 bits per heavy atom. The number of rotatable bonds is 4. The van der Waals surface area contributed by atoms with Gasteiger partial charge in [0.2, 0.25) is 0 Å². The van der Waals surface area contributed by atoms with Gasteiger partial charge in [0.25, 0.3) is 0 Å². The molecule has 0 spiro atoms. The standard InChI is InChI=1S/C15H16O3S2/c1-18-9-6-7-12-11(8-9)13(14(20-12)15(16)17)19-10-4-2-3-5-10/h6-8,10H,2-5H2,1H3,(H,16,17). The third-order valence-corrected chi connectivity index (χ3v) is 6.38. The quantitative estimate of drug-likeness (QED) is 0.893. The lowest BCUT2D eigenvalue weighted by Gasteiger charge is -2.09. The lowest BCUT2D eigenvalue weighted by molar-refractivity contribution is 0.0699. The van der Waals surface area contributed by atoms with Gasteiger partial charge in [-0.05, 0) is 31.0 Å². The number of ether oxygens (including phenoxy) is 1. The molecule has 1 aromatic carbocycles. The molecule has 3 rings (SSSR count). The fourth-order valence-electron chi connectivity index (χ4n) is 2.61. The van der Waals surface area contributed by atoms with Crippen LogP contribution < -0.4 is 4.74 Å². The summed E-state index contributed by atoms with van der Waals surface area (Å²) in [5.41, 5.74) is 0. The Morgan fingerprint density at radius 1 is 1.40 bits per heavy atom. The molecule has 5 heteroatoms. The highest BCUT2D eigenvalue weighted by atomic mass is 32.2. The Balaban J connectivity index is 2.08. The molecule has 106 valence electrons. The zero-order chi connectivity index (χ0) is 14.1. The maximum atomic E-state index is 11.5. The van der Waals surface area contributed by atoms with Gasteiger partial charge in [-0.2, -0.15) is 0 Å². The number of thiophene rings is 1. The number of carboxylic acid groups (broad SMARTS) is 1. The van der Waals surface area contributed by atoms with Crippen molar-refractivity contribution in [2.75, 3.05) is 7.11 Å². The summed E-state index contributed by atoms with van der Waals surface area (Å²) in [7, 11) is 1.63. The molecule has 0 bridgehead atoms. The van der Waals surface area contributed by atoms with Crippen LogP contribution in [-0.4, -0.2) is 23.4 Å². The van der Waals surface area contributed by atoms with Crippen molar-refractivity contribution in [3.63, 3.8) is 0 Å². The number of carbonyl (C=O) groups is 1. The molecule has 1 fully saturated rings. The van der Waals surface area contributed by atoms with E-state index in [1.807, 2.05) is 18.2 Å². The van der Waals surface area contributed by atoms with Gasteiger partial charge in [0.05, 0.1) is 7.11 Å². The van der Waals surface area contributed by atoms with E-state index in [1.54, 1.807) is 18.9 Å². The highest BCUT2D eigenvalue weighted by molar-refractivity contribution is 8.00. The van der Waals surface area contributed by atoms with Crippen molar-refractivity contribution in [1.82, 2.24) is 0 Å². The molecular weight excluding hydrogens is 292 g/mol. The summed E-state index contributed by atoms with van der Waals surface area (Å²) in [5.74, 6) is -0.0498. The SMILES string of the molecule is COc1ccc2sc(C(=O)O)c(SC3CCCC3)c2c1. The van der Waals surface area contributed by atoms with Crippen LogP contribution >= 0.6 is 23.1 Å². The second-order valence-corrected chi connectivity index (χ2v) is 7.31.